The maximum Gasteiger partial charge on any atom is 0.244 e. The average Bonchev–Trinajstić information content (AvgIpc) is 2.97. The first-order chi connectivity index (χ1) is 9.81. The van der Waals surface area contributed by atoms with E-state index < -0.39 is 5.92 Å². The average molecular weight is 268 g/mol. The van der Waals surface area contributed by atoms with Gasteiger partial charge in [0.15, 0.2) is 0 Å². The van der Waals surface area contributed by atoms with Crippen molar-refractivity contribution in [1.29, 1.82) is 5.26 Å². The monoisotopic (exact) mass is 268 g/mol. The standard InChI is InChI=1S/C17H20N2O/c18-12-15(13-6-2-1-3-7-13)17(20)19-11-5-9-14-8-4-10-16(14)19/h1-3,6-7,14-16H,4-5,8-11H2. The molecule has 1 aromatic rings. The van der Waals surface area contributed by atoms with Crippen LogP contribution in [0, 0.1) is 17.2 Å². The molecule has 1 aromatic carbocycles. The molecule has 2 aliphatic rings. The molecule has 3 unspecified atom stereocenters. The lowest BCUT2D eigenvalue weighted by molar-refractivity contribution is -0.136. The molecule has 3 heteroatoms. The van der Waals surface area contributed by atoms with E-state index >= 15 is 0 Å². The van der Waals surface area contributed by atoms with Crippen LogP contribution in [0.1, 0.15) is 43.6 Å². The van der Waals surface area contributed by atoms with Gasteiger partial charge in [0.05, 0.1) is 6.07 Å². The first kappa shape index (κ1) is 13.2. The summed E-state index contributed by atoms with van der Waals surface area (Å²) in [6.45, 7) is 0.824. The van der Waals surface area contributed by atoms with E-state index in [1.165, 1.54) is 19.3 Å². The number of nitriles is 1. The molecule has 1 aliphatic carbocycles. The van der Waals surface area contributed by atoms with E-state index in [9.17, 15) is 10.1 Å². The molecule has 104 valence electrons. The van der Waals surface area contributed by atoms with Crippen molar-refractivity contribution in [1.82, 2.24) is 4.90 Å². The Bertz CT molecular complexity index is 520. The quantitative estimate of drug-likeness (QED) is 0.827. The number of amides is 1. The molecule has 3 rings (SSSR count). The minimum Gasteiger partial charge on any atom is -0.338 e. The van der Waals surface area contributed by atoms with Crippen LogP contribution in [0.2, 0.25) is 0 Å². The van der Waals surface area contributed by atoms with Crippen LogP contribution in [-0.4, -0.2) is 23.4 Å². The number of hydrogen-bond donors (Lipinski definition) is 0. The summed E-state index contributed by atoms with van der Waals surface area (Å²) in [4.78, 5) is 14.8. The van der Waals surface area contributed by atoms with Crippen molar-refractivity contribution in [2.45, 2.75) is 44.1 Å². The fourth-order valence-electron chi connectivity index (χ4n) is 3.81. The summed E-state index contributed by atoms with van der Waals surface area (Å²) < 4.78 is 0. The highest BCUT2D eigenvalue weighted by Crippen LogP contribution is 2.38. The van der Waals surface area contributed by atoms with Gasteiger partial charge in [-0.2, -0.15) is 5.26 Å². The maximum absolute atomic E-state index is 12.8. The van der Waals surface area contributed by atoms with Gasteiger partial charge in [0, 0.05) is 12.6 Å². The van der Waals surface area contributed by atoms with Crippen LogP contribution in [0.4, 0.5) is 0 Å². The zero-order valence-electron chi connectivity index (χ0n) is 11.7. The molecular weight excluding hydrogens is 248 g/mol. The third kappa shape index (κ3) is 2.31. The van der Waals surface area contributed by atoms with Gasteiger partial charge in [0.2, 0.25) is 5.91 Å². The van der Waals surface area contributed by atoms with Gasteiger partial charge in [-0.1, -0.05) is 36.8 Å². The maximum atomic E-state index is 12.8. The molecule has 0 spiro atoms. The normalized spacial score (nSPS) is 26.6. The van der Waals surface area contributed by atoms with Crippen LogP contribution in [0.5, 0.6) is 0 Å². The summed E-state index contributed by atoms with van der Waals surface area (Å²) >= 11 is 0. The fourth-order valence-corrected chi connectivity index (χ4v) is 3.81. The first-order valence-corrected chi connectivity index (χ1v) is 7.56. The number of carbonyl (C=O) groups excluding carboxylic acids is 1. The lowest BCUT2D eigenvalue weighted by atomic mass is 9.89. The van der Waals surface area contributed by atoms with E-state index in [-0.39, 0.29) is 5.91 Å². The molecule has 20 heavy (non-hydrogen) atoms. The Hall–Kier alpha value is -1.82. The Balaban J connectivity index is 1.82. The predicted molar refractivity (Wildman–Crippen MR) is 76.9 cm³/mol. The number of nitrogens with zero attached hydrogens (tertiary/aromatic N) is 2. The lowest BCUT2D eigenvalue weighted by Gasteiger charge is -2.38. The van der Waals surface area contributed by atoms with Gasteiger partial charge in [0.1, 0.15) is 5.92 Å². The highest BCUT2D eigenvalue weighted by Gasteiger charge is 2.39. The van der Waals surface area contributed by atoms with Crippen LogP contribution in [0.25, 0.3) is 0 Å². The van der Waals surface area contributed by atoms with Crippen molar-refractivity contribution >= 4 is 5.91 Å². The van der Waals surface area contributed by atoms with Crippen LogP contribution in [-0.2, 0) is 4.79 Å². The summed E-state index contributed by atoms with van der Waals surface area (Å²) in [5.74, 6) is 0.0358. The van der Waals surface area contributed by atoms with Crippen molar-refractivity contribution in [2.75, 3.05) is 6.54 Å². The van der Waals surface area contributed by atoms with Crippen LogP contribution < -0.4 is 0 Å². The zero-order valence-corrected chi connectivity index (χ0v) is 11.7. The summed E-state index contributed by atoms with van der Waals surface area (Å²) in [5, 5.41) is 9.42. The molecular formula is C17H20N2O. The summed E-state index contributed by atoms with van der Waals surface area (Å²) in [5.41, 5.74) is 0.820. The van der Waals surface area contributed by atoms with Crippen molar-refractivity contribution in [3.63, 3.8) is 0 Å². The number of hydrogen-bond acceptors (Lipinski definition) is 2. The number of rotatable bonds is 2. The molecule has 1 saturated carbocycles. The van der Waals surface area contributed by atoms with Gasteiger partial charge < -0.3 is 4.90 Å². The molecule has 0 bridgehead atoms. The molecule has 3 atom stereocenters. The Morgan fingerprint density at radius 3 is 2.70 bits per heavy atom. The summed E-state index contributed by atoms with van der Waals surface area (Å²) in [7, 11) is 0. The van der Waals surface area contributed by atoms with E-state index in [0.29, 0.717) is 12.0 Å². The van der Waals surface area contributed by atoms with Crippen molar-refractivity contribution in [2.24, 2.45) is 5.92 Å². The van der Waals surface area contributed by atoms with Gasteiger partial charge in [-0.25, -0.2) is 0 Å². The van der Waals surface area contributed by atoms with Crippen molar-refractivity contribution in [3.8, 4) is 6.07 Å². The topological polar surface area (TPSA) is 44.1 Å². The van der Waals surface area contributed by atoms with Gasteiger partial charge in [-0.3, -0.25) is 4.79 Å². The van der Waals surface area contributed by atoms with Crippen LogP contribution in [0.3, 0.4) is 0 Å². The van der Waals surface area contributed by atoms with Gasteiger partial charge in [0.25, 0.3) is 0 Å². The predicted octanol–water partition coefficient (Wildman–Crippen LogP) is 3.08. The Morgan fingerprint density at radius 1 is 1.20 bits per heavy atom. The lowest BCUT2D eigenvalue weighted by Crippen LogP contribution is -2.47. The minimum atomic E-state index is -0.643. The van der Waals surface area contributed by atoms with Crippen molar-refractivity contribution < 1.29 is 4.79 Å². The van der Waals surface area contributed by atoms with E-state index in [4.69, 9.17) is 0 Å². The summed E-state index contributed by atoms with van der Waals surface area (Å²) in [6, 6.07) is 12.0. The Kier molecular flexibility index (Phi) is 3.73. The second-order valence-electron chi connectivity index (χ2n) is 5.90. The van der Waals surface area contributed by atoms with E-state index in [2.05, 4.69) is 6.07 Å². The number of carbonyl (C=O) groups is 1. The molecule has 3 nitrogen and oxygen atoms in total. The van der Waals surface area contributed by atoms with Crippen molar-refractivity contribution in [3.05, 3.63) is 35.9 Å². The molecule has 0 N–H and O–H groups in total. The molecule has 1 aliphatic heterocycles. The molecule has 2 fully saturated rings. The van der Waals surface area contributed by atoms with Gasteiger partial charge in [-0.05, 0) is 37.2 Å². The van der Waals surface area contributed by atoms with E-state index in [1.807, 2.05) is 35.2 Å². The number of fused-ring (bicyclic) bond motifs is 1. The van der Waals surface area contributed by atoms with Crippen LogP contribution in [0.15, 0.2) is 30.3 Å². The van der Waals surface area contributed by atoms with Gasteiger partial charge in [-0.15, -0.1) is 0 Å². The minimum absolute atomic E-state index is 0.00954. The largest absolute Gasteiger partial charge is 0.338 e. The SMILES string of the molecule is N#CC(C(=O)N1CCCC2CCCC21)c1ccccc1. The molecule has 1 amide bonds. The number of likely N-dealkylation sites (tertiary alicyclic amines) is 1. The highest BCUT2D eigenvalue weighted by atomic mass is 16.2. The first-order valence-electron chi connectivity index (χ1n) is 7.56. The second kappa shape index (κ2) is 5.66. The second-order valence-corrected chi connectivity index (χ2v) is 5.90. The molecule has 1 saturated heterocycles. The number of piperidine rings is 1. The summed E-state index contributed by atoms with van der Waals surface area (Å²) in [6.07, 6.45) is 5.92. The van der Waals surface area contributed by atoms with Gasteiger partial charge >= 0.3 is 0 Å². The van der Waals surface area contributed by atoms with E-state index in [1.54, 1.807) is 0 Å². The number of benzene rings is 1. The molecule has 0 radical (unpaired) electrons. The molecule has 0 aromatic heterocycles. The molecule has 1 heterocycles. The third-order valence-corrected chi connectivity index (χ3v) is 4.79. The fraction of sp³-hybridized carbons (Fsp3) is 0.529. The Labute approximate surface area is 120 Å². The smallest absolute Gasteiger partial charge is 0.244 e. The third-order valence-electron chi connectivity index (χ3n) is 4.79. The van der Waals surface area contributed by atoms with Crippen LogP contribution >= 0.6 is 0 Å². The zero-order chi connectivity index (χ0) is 13.9. The Morgan fingerprint density at radius 2 is 1.95 bits per heavy atom. The van der Waals surface area contributed by atoms with E-state index in [0.717, 1.165) is 24.9 Å². The highest BCUT2D eigenvalue weighted by molar-refractivity contribution is 5.87.